The zero-order valence-electron chi connectivity index (χ0n) is 14.5. The van der Waals surface area contributed by atoms with Crippen molar-refractivity contribution in [3.63, 3.8) is 0 Å². The number of hydrogen-bond donors (Lipinski definition) is 1. The molecule has 0 saturated carbocycles. The molecule has 2 unspecified atom stereocenters. The number of hydrogen-bond acceptors (Lipinski definition) is 5. The van der Waals surface area contributed by atoms with Gasteiger partial charge in [0.15, 0.2) is 6.10 Å². The topological polar surface area (TPSA) is 63.9 Å². The van der Waals surface area contributed by atoms with Crippen LogP contribution in [0.5, 0.6) is 11.5 Å². The van der Waals surface area contributed by atoms with Crippen molar-refractivity contribution in [1.82, 2.24) is 10.2 Å². The molecule has 0 aliphatic carbocycles. The minimum absolute atomic E-state index is 0.0304. The van der Waals surface area contributed by atoms with Gasteiger partial charge in [-0.3, -0.25) is 9.69 Å². The van der Waals surface area contributed by atoms with Crippen LogP contribution in [0.15, 0.2) is 47.1 Å². The van der Waals surface area contributed by atoms with Gasteiger partial charge in [0.05, 0.1) is 19.4 Å². The lowest BCUT2D eigenvalue weighted by Gasteiger charge is -2.23. The molecule has 1 N–H and O–H groups in total. The molecule has 130 valence electrons. The van der Waals surface area contributed by atoms with Gasteiger partial charge in [0, 0.05) is 6.54 Å². The first-order valence-electron chi connectivity index (χ1n) is 7.79. The molecule has 2 atom stereocenters. The number of carbonyl (C=O) groups excluding carboxylic acids is 1. The van der Waals surface area contributed by atoms with Crippen LogP contribution in [0, 0.1) is 0 Å². The Morgan fingerprint density at radius 3 is 2.42 bits per heavy atom. The quantitative estimate of drug-likeness (QED) is 0.804. The molecule has 1 aromatic heterocycles. The van der Waals surface area contributed by atoms with Gasteiger partial charge in [0.2, 0.25) is 0 Å². The Morgan fingerprint density at radius 2 is 1.88 bits per heavy atom. The standard InChI is InChI=1S/C18H24N2O4/c1-13(24-15-9-7-14(22-4)8-10-15)18(21)19-12-16(20(2)3)17-6-5-11-23-17/h5-11,13,16H,12H2,1-4H3,(H,19,21). The number of likely N-dealkylation sites (N-methyl/N-ethyl adjacent to an activating group) is 1. The first-order valence-corrected chi connectivity index (χ1v) is 7.79. The predicted molar refractivity (Wildman–Crippen MR) is 91.2 cm³/mol. The van der Waals surface area contributed by atoms with Gasteiger partial charge in [-0.2, -0.15) is 0 Å². The first kappa shape index (κ1) is 17.9. The Morgan fingerprint density at radius 1 is 1.21 bits per heavy atom. The van der Waals surface area contributed by atoms with E-state index in [1.807, 2.05) is 31.1 Å². The summed E-state index contributed by atoms with van der Waals surface area (Å²) in [6.07, 6.45) is 1.03. The third-order valence-electron chi connectivity index (χ3n) is 3.71. The van der Waals surface area contributed by atoms with E-state index in [1.54, 1.807) is 44.6 Å². The SMILES string of the molecule is COc1ccc(OC(C)C(=O)NCC(c2ccco2)N(C)C)cc1. The molecule has 0 aliphatic heterocycles. The number of furan rings is 1. The fourth-order valence-electron chi connectivity index (χ4n) is 2.27. The fourth-order valence-corrected chi connectivity index (χ4v) is 2.27. The van der Waals surface area contributed by atoms with E-state index in [0.29, 0.717) is 12.3 Å². The summed E-state index contributed by atoms with van der Waals surface area (Å²) in [4.78, 5) is 14.3. The van der Waals surface area contributed by atoms with E-state index in [4.69, 9.17) is 13.9 Å². The lowest BCUT2D eigenvalue weighted by atomic mass is 10.2. The average molecular weight is 332 g/mol. The number of nitrogens with zero attached hydrogens (tertiary/aromatic N) is 1. The van der Waals surface area contributed by atoms with Crippen LogP contribution in [0.25, 0.3) is 0 Å². The molecule has 0 bridgehead atoms. The van der Waals surface area contributed by atoms with E-state index < -0.39 is 6.10 Å². The second-order valence-corrected chi connectivity index (χ2v) is 5.68. The normalized spacial score (nSPS) is 13.4. The first-order chi connectivity index (χ1) is 11.5. The summed E-state index contributed by atoms with van der Waals surface area (Å²) in [5.74, 6) is 1.99. The predicted octanol–water partition coefficient (Wildman–Crippen LogP) is 2.47. The van der Waals surface area contributed by atoms with Gasteiger partial charge in [-0.05, 0) is 57.4 Å². The number of benzene rings is 1. The Labute approximate surface area is 142 Å². The molecule has 2 aromatic rings. The summed E-state index contributed by atoms with van der Waals surface area (Å²) < 4.78 is 16.2. The zero-order valence-corrected chi connectivity index (χ0v) is 14.5. The van der Waals surface area contributed by atoms with Crippen LogP contribution >= 0.6 is 0 Å². The Balaban J connectivity index is 1.88. The number of rotatable bonds is 8. The van der Waals surface area contributed by atoms with Crippen molar-refractivity contribution < 1.29 is 18.7 Å². The maximum absolute atomic E-state index is 12.3. The van der Waals surface area contributed by atoms with Crippen LogP contribution in [0.1, 0.15) is 18.7 Å². The molecule has 24 heavy (non-hydrogen) atoms. The highest BCUT2D eigenvalue weighted by Crippen LogP contribution is 2.19. The monoisotopic (exact) mass is 332 g/mol. The van der Waals surface area contributed by atoms with Crippen LogP contribution in [0.2, 0.25) is 0 Å². The molecule has 2 rings (SSSR count). The van der Waals surface area contributed by atoms with Gasteiger partial charge < -0.3 is 19.2 Å². The third kappa shape index (κ3) is 4.76. The van der Waals surface area contributed by atoms with E-state index in [-0.39, 0.29) is 11.9 Å². The molecular formula is C18H24N2O4. The van der Waals surface area contributed by atoms with Gasteiger partial charge in [-0.25, -0.2) is 0 Å². The van der Waals surface area contributed by atoms with Gasteiger partial charge >= 0.3 is 0 Å². The average Bonchev–Trinajstić information content (AvgIpc) is 3.09. The van der Waals surface area contributed by atoms with Crippen LogP contribution in [-0.4, -0.2) is 44.7 Å². The molecule has 0 radical (unpaired) electrons. The molecule has 0 fully saturated rings. The minimum Gasteiger partial charge on any atom is -0.497 e. The van der Waals surface area contributed by atoms with Gasteiger partial charge in [0.1, 0.15) is 17.3 Å². The highest BCUT2D eigenvalue weighted by molar-refractivity contribution is 5.80. The summed E-state index contributed by atoms with van der Waals surface area (Å²) in [5, 5.41) is 2.90. The van der Waals surface area contributed by atoms with Gasteiger partial charge in [0.25, 0.3) is 5.91 Å². The van der Waals surface area contributed by atoms with E-state index >= 15 is 0 Å². The molecular weight excluding hydrogens is 308 g/mol. The largest absolute Gasteiger partial charge is 0.497 e. The zero-order chi connectivity index (χ0) is 17.5. The Hall–Kier alpha value is -2.47. The number of ether oxygens (including phenoxy) is 2. The Kier molecular flexibility index (Phi) is 6.26. The maximum atomic E-state index is 12.3. The second-order valence-electron chi connectivity index (χ2n) is 5.68. The van der Waals surface area contributed by atoms with E-state index in [1.165, 1.54) is 0 Å². The van der Waals surface area contributed by atoms with Crippen molar-refractivity contribution in [2.24, 2.45) is 0 Å². The lowest BCUT2D eigenvalue weighted by Crippen LogP contribution is -2.40. The molecule has 6 nitrogen and oxygen atoms in total. The van der Waals surface area contributed by atoms with Crippen molar-refractivity contribution in [3.8, 4) is 11.5 Å². The summed E-state index contributed by atoms with van der Waals surface area (Å²) in [6.45, 7) is 2.16. The number of amides is 1. The van der Waals surface area contributed by atoms with Crippen molar-refractivity contribution >= 4 is 5.91 Å². The van der Waals surface area contributed by atoms with E-state index in [0.717, 1.165) is 11.5 Å². The van der Waals surface area contributed by atoms with Crippen LogP contribution in [0.3, 0.4) is 0 Å². The summed E-state index contributed by atoms with van der Waals surface area (Å²) in [7, 11) is 5.49. The summed E-state index contributed by atoms with van der Waals surface area (Å²) in [5.41, 5.74) is 0. The van der Waals surface area contributed by atoms with Crippen LogP contribution < -0.4 is 14.8 Å². The smallest absolute Gasteiger partial charge is 0.260 e. The van der Waals surface area contributed by atoms with Gasteiger partial charge in [-0.1, -0.05) is 0 Å². The molecule has 1 aromatic carbocycles. The third-order valence-corrected chi connectivity index (χ3v) is 3.71. The molecule has 0 spiro atoms. The highest BCUT2D eigenvalue weighted by Gasteiger charge is 2.20. The Bertz CT molecular complexity index is 623. The minimum atomic E-state index is -0.599. The van der Waals surface area contributed by atoms with Gasteiger partial charge in [-0.15, -0.1) is 0 Å². The molecule has 1 amide bonds. The van der Waals surface area contributed by atoms with E-state index in [2.05, 4.69) is 5.32 Å². The summed E-state index contributed by atoms with van der Waals surface area (Å²) >= 11 is 0. The maximum Gasteiger partial charge on any atom is 0.260 e. The lowest BCUT2D eigenvalue weighted by molar-refractivity contribution is -0.127. The fraction of sp³-hybridized carbons (Fsp3) is 0.389. The molecule has 0 aliphatic rings. The number of nitrogens with one attached hydrogen (secondary N) is 1. The van der Waals surface area contributed by atoms with Crippen LogP contribution in [0.4, 0.5) is 0 Å². The summed E-state index contributed by atoms with van der Waals surface area (Å²) in [6, 6.07) is 10.8. The van der Waals surface area contributed by atoms with Crippen molar-refractivity contribution in [3.05, 3.63) is 48.4 Å². The van der Waals surface area contributed by atoms with E-state index in [9.17, 15) is 4.79 Å². The molecule has 0 saturated heterocycles. The number of carbonyl (C=O) groups is 1. The molecule has 1 heterocycles. The van der Waals surface area contributed by atoms with Crippen molar-refractivity contribution in [2.45, 2.75) is 19.1 Å². The molecule has 6 heteroatoms. The van der Waals surface area contributed by atoms with Crippen molar-refractivity contribution in [1.29, 1.82) is 0 Å². The number of methoxy groups -OCH3 is 1. The second kappa shape index (κ2) is 8.40. The highest BCUT2D eigenvalue weighted by atomic mass is 16.5. The van der Waals surface area contributed by atoms with Crippen LogP contribution in [-0.2, 0) is 4.79 Å². The van der Waals surface area contributed by atoms with Crippen molar-refractivity contribution in [2.75, 3.05) is 27.7 Å².